The minimum Gasteiger partial charge on any atom is -0.494 e. The molecule has 0 saturated heterocycles. The number of nitrogens with one attached hydrogen (secondary N) is 1. The topological polar surface area (TPSA) is 47.6 Å². The second-order valence-electron chi connectivity index (χ2n) is 5.46. The highest BCUT2D eigenvalue weighted by Gasteiger charge is 2.11. The molecule has 132 valence electrons. The quantitative estimate of drug-likeness (QED) is 0.769. The monoisotopic (exact) mass is 343 g/mol. The van der Waals surface area contributed by atoms with Crippen LogP contribution in [-0.2, 0) is 4.79 Å². The summed E-state index contributed by atoms with van der Waals surface area (Å²) in [5.41, 5.74) is 1.56. The lowest BCUT2D eigenvalue weighted by Crippen LogP contribution is -2.24. The first kappa shape index (κ1) is 18.5. The Morgan fingerprint density at radius 1 is 1.24 bits per heavy atom. The SMILES string of the molecule is CCOc1ccc(/C=C/C(=O)N[C@H](C)c2ccc(OC)c(F)c2)cc1. The van der Waals surface area contributed by atoms with E-state index in [1.807, 2.05) is 31.2 Å². The number of halogens is 1. The number of methoxy groups -OCH3 is 1. The fourth-order valence-corrected chi connectivity index (χ4v) is 2.31. The number of benzene rings is 2. The van der Waals surface area contributed by atoms with Gasteiger partial charge in [0.05, 0.1) is 19.8 Å². The Labute approximate surface area is 147 Å². The lowest BCUT2D eigenvalue weighted by Gasteiger charge is -2.14. The van der Waals surface area contributed by atoms with Gasteiger partial charge in [-0.3, -0.25) is 4.79 Å². The van der Waals surface area contributed by atoms with Gasteiger partial charge in [-0.2, -0.15) is 0 Å². The highest BCUT2D eigenvalue weighted by Crippen LogP contribution is 2.21. The summed E-state index contributed by atoms with van der Waals surface area (Å²) in [5, 5.41) is 2.80. The lowest BCUT2D eigenvalue weighted by molar-refractivity contribution is -0.117. The number of carbonyl (C=O) groups excluding carboxylic acids is 1. The molecule has 0 unspecified atom stereocenters. The largest absolute Gasteiger partial charge is 0.494 e. The third-order valence-electron chi connectivity index (χ3n) is 3.65. The Morgan fingerprint density at radius 3 is 2.56 bits per heavy atom. The van der Waals surface area contributed by atoms with E-state index in [2.05, 4.69) is 5.32 Å². The van der Waals surface area contributed by atoms with E-state index in [9.17, 15) is 9.18 Å². The molecule has 1 N–H and O–H groups in total. The van der Waals surface area contributed by atoms with Gasteiger partial charge in [0.25, 0.3) is 0 Å². The molecule has 2 aromatic carbocycles. The van der Waals surface area contributed by atoms with Gasteiger partial charge in [0.2, 0.25) is 5.91 Å². The van der Waals surface area contributed by atoms with Gasteiger partial charge in [-0.1, -0.05) is 18.2 Å². The minimum atomic E-state index is -0.453. The minimum absolute atomic E-state index is 0.178. The van der Waals surface area contributed by atoms with Gasteiger partial charge >= 0.3 is 0 Å². The molecule has 0 bridgehead atoms. The Kier molecular flexibility index (Phi) is 6.57. The van der Waals surface area contributed by atoms with E-state index in [1.54, 1.807) is 25.1 Å². The molecule has 0 aromatic heterocycles. The van der Waals surface area contributed by atoms with E-state index >= 15 is 0 Å². The van der Waals surface area contributed by atoms with Crippen LogP contribution in [0.4, 0.5) is 4.39 Å². The van der Waals surface area contributed by atoms with Gasteiger partial charge < -0.3 is 14.8 Å². The summed E-state index contributed by atoms with van der Waals surface area (Å²) in [4.78, 5) is 12.0. The molecule has 0 radical (unpaired) electrons. The number of hydrogen-bond acceptors (Lipinski definition) is 3. The number of rotatable bonds is 7. The van der Waals surface area contributed by atoms with Crippen molar-refractivity contribution >= 4 is 12.0 Å². The van der Waals surface area contributed by atoms with Crippen molar-refractivity contribution in [3.63, 3.8) is 0 Å². The maximum atomic E-state index is 13.7. The molecule has 0 saturated carbocycles. The molecule has 0 aliphatic rings. The first-order valence-electron chi connectivity index (χ1n) is 8.08. The Morgan fingerprint density at radius 2 is 1.96 bits per heavy atom. The van der Waals surface area contributed by atoms with Gasteiger partial charge in [-0.25, -0.2) is 4.39 Å². The van der Waals surface area contributed by atoms with E-state index < -0.39 is 5.82 Å². The summed E-state index contributed by atoms with van der Waals surface area (Å²) in [6.45, 7) is 4.33. The molecule has 0 aliphatic carbocycles. The van der Waals surface area contributed by atoms with Crippen LogP contribution in [0.2, 0.25) is 0 Å². The molecule has 0 heterocycles. The summed E-state index contributed by atoms with van der Waals surface area (Å²) in [6, 6.07) is 11.8. The van der Waals surface area contributed by atoms with Crippen molar-refractivity contribution in [1.29, 1.82) is 0 Å². The Balaban J connectivity index is 1.95. The Hall–Kier alpha value is -2.82. The van der Waals surface area contributed by atoms with Crippen molar-refractivity contribution in [3.8, 4) is 11.5 Å². The highest BCUT2D eigenvalue weighted by atomic mass is 19.1. The van der Waals surface area contributed by atoms with Crippen LogP contribution in [0.15, 0.2) is 48.5 Å². The Bertz CT molecular complexity index is 741. The number of ether oxygens (including phenoxy) is 2. The van der Waals surface area contributed by atoms with Crippen molar-refractivity contribution in [2.24, 2.45) is 0 Å². The first-order chi connectivity index (χ1) is 12.0. The second-order valence-corrected chi connectivity index (χ2v) is 5.46. The van der Waals surface area contributed by atoms with Crippen molar-refractivity contribution in [1.82, 2.24) is 5.32 Å². The summed E-state index contributed by atoms with van der Waals surface area (Å²) in [6.07, 6.45) is 3.17. The zero-order chi connectivity index (χ0) is 18.2. The van der Waals surface area contributed by atoms with Gasteiger partial charge in [-0.15, -0.1) is 0 Å². The molecule has 0 fully saturated rings. The molecular formula is C20H22FNO3. The average molecular weight is 343 g/mol. The maximum Gasteiger partial charge on any atom is 0.244 e. The fraction of sp³-hybridized carbons (Fsp3) is 0.250. The summed E-state index contributed by atoms with van der Waals surface area (Å²) in [7, 11) is 1.41. The number of carbonyl (C=O) groups is 1. The summed E-state index contributed by atoms with van der Waals surface area (Å²) in [5.74, 6) is 0.264. The molecule has 0 aliphatic heterocycles. The number of amides is 1. The van der Waals surface area contributed by atoms with Gasteiger partial charge in [0.15, 0.2) is 11.6 Å². The van der Waals surface area contributed by atoms with Crippen LogP contribution in [0, 0.1) is 5.82 Å². The summed E-state index contributed by atoms with van der Waals surface area (Å²) >= 11 is 0. The molecule has 1 atom stereocenters. The van der Waals surface area contributed by atoms with Gasteiger partial charge in [0, 0.05) is 6.08 Å². The van der Waals surface area contributed by atoms with Crippen LogP contribution in [0.5, 0.6) is 11.5 Å². The zero-order valence-electron chi connectivity index (χ0n) is 14.6. The van der Waals surface area contributed by atoms with E-state index in [0.717, 1.165) is 11.3 Å². The van der Waals surface area contributed by atoms with Crippen LogP contribution >= 0.6 is 0 Å². The van der Waals surface area contributed by atoms with Crippen molar-refractivity contribution in [2.75, 3.05) is 13.7 Å². The highest BCUT2D eigenvalue weighted by molar-refractivity contribution is 5.92. The second kappa shape index (κ2) is 8.87. The fourth-order valence-electron chi connectivity index (χ4n) is 2.31. The van der Waals surface area contributed by atoms with E-state index in [1.165, 1.54) is 19.3 Å². The van der Waals surface area contributed by atoms with Crippen LogP contribution in [0.3, 0.4) is 0 Å². The van der Waals surface area contributed by atoms with Crippen molar-refractivity contribution < 1.29 is 18.7 Å². The third kappa shape index (κ3) is 5.35. The smallest absolute Gasteiger partial charge is 0.244 e. The molecule has 1 amide bonds. The van der Waals surface area contributed by atoms with Crippen LogP contribution in [-0.4, -0.2) is 19.6 Å². The van der Waals surface area contributed by atoms with E-state index in [4.69, 9.17) is 9.47 Å². The third-order valence-corrected chi connectivity index (χ3v) is 3.65. The average Bonchev–Trinajstić information content (AvgIpc) is 2.61. The molecular weight excluding hydrogens is 321 g/mol. The summed E-state index contributed by atoms with van der Waals surface area (Å²) < 4.78 is 24.0. The lowest BCUT2D eigenvalue weighted by atomic mass is 10.1. The standard InChI is InChI=1S/C20H22FNO3/c1-4-25-17-9-5-15(6-10-17)7-12-20(23)22-14(2)16-8-11-19(24-3)18(21)13-16/h5-14H,4H2,1-3H3,(H,22,23)/b12-7+/t14-/m1/s1. The predicted molar refractivity (Wildman–Crippen MR) is 96.2 cm³/mol. The maximum absolute atomic E-state index is 13.7. The molecule has 0 spiro atoms. The van der Waals surface area contributed by atoms with Crippen molar-refractivity contribution in [2.45, 2.75) is 19.9 Å². The molecule has 2 rings (SSSR count). The van der Waals surface area contributed by atoms with E-state index in [-0.39, 0.29) is 17.7 Å². The van der Waals surface area contributed by atoms with Crippen LogP contribution < -0.4 is 14.8 Å². The number of hydrogen-bond donors (Lipinski definition) is 1. The molecule has 4 nitrogen and oxygen atoms in total. The first-order valence-corrected chi connectivity index (χ1v) is 8.08. The predicted octanol–water partition coefficient (Wildman–Crippen LogP) is 4.12. The molecule has 5 heteroatoms. The van der Waals surface area contributed by atoms with Gasteiger partial charge in [0.1, 0.15) is 5.75 Å². The zero-order valence-corrected chi connectivity index (χ0v) is 14.6. The molecule has 2 aromatic rings. The normalized spacial score (nSPS) is 12.0. The van der Waals surface area contributed by atoms with Crippen LogP contribution in [0.1, 0.15) is 31.0 Å². The van der Waals surface area contributed by atoms with Gasteiger partial charge in [-0.05, 0) is 55.3 Å². The van der Waals surface area contributed by atoms with E-state index in [0.29, 0.717) is 12.2 Å². The molecule has 25 heavy (non-hydrogen) atoms. The van der Waals surface area contributed by atoms with Crippen molar-refractivity contribution in [3.05, 3.63) is 65.5 Å². The van der Waals surface area contributed by atoms with Crippen LogP contribution in [0.25, 0.3) is 6.08 Å².